The highest BCUT2D eigenvalue weighted by molar-refractivity contribution is 9.10. The molecule has 0 spiro atoms. The van der Waals surface area contributed by atoms with Gasteiger partial charge >= 0.3 is 0 Å². The summed E-state index contributed by atoms with van der Waals surface area (Å²) in [5, 5.41) is 3.40. The maximum atomic E-state index is 6.45. The monoisotopic (exact) mass is 361 g/mol. The van der Waals surface area contributed by atoms with E-state index in [1.165, 1.54) is 15.6 Å². The summed E-state index contributed by atoms with van der Waals surface area (Å²) in [7, 11) is 1.70. The lowest BCUT2D eigenvalue weighted by atomic mass is 9.98. The van der Waals surface area contributed by atoms with Gasteiger partial charge in [0.25, 0.3) is 0 Å². The Bertz CT molecular complexity index is 768. The Balaban J connectivity index is 1.94. The van der Waals surface area contributed by atoms with Gasteiger partial charge in [0, 0.05) is 15.2 Å². The fourth-order valence-corrected chi connectivity index (χ4v) is 4.23. The molecule has 0 amide bonds. The van der Waals surface area contributed by atoms with E-state index >= 15 is 0 Å². The van der Waals surface area contributed by atoms with Crippen LogP contribution in [-0.4, -0.2) is 7.11 Å². The van der Waals surface area contributed by atoms with Crippen LogP contribution >= 0.6 is 27.3 Å². The van der Waals surface area contributed by atoms with Crippen molar-refractivity contribution in [1.29, 1.82) is 0 Å². The molecule has 0 aliphatic rings. The molecular weight excluding hydrogens is 346 g/mol. The first-order chi connectivity index (χ1) is 10.2. The average Bonchev–Trinajstić information content (AvgIpc) is 2.93. The predicted molar refractivity (Wildman–Crippen MR) is 93.2 cm³/mol. The fraction of sp³-hybridized carbons (Fsp3) is 0.176. The molecule has 1 heterocycles. The first-order valence-corrected chi connectivity index (χ1v) is 8.41. The van der Waals surface area contributed by atoms with E-state index in [4.69, 9.17) is 10.5 Å². The molecule has 0 aliphatic carbocycles. The predicted octanol–water partition coefficient (Wildman–Crippen LogP) is 4.91. The summed E-state index contributed by atoms with van der Waals surface area (Å²) in [6.07, 6.45) is 0.766. The number of fused-ring (bicyclic) bond motifs is 1. The molecule has 1 atom stereocenters. The quantitative estimate of drug-likeness (QED) is 0.715. The number of ether oxygens (including phenoxy) is 1. The molecule has 2 aromatic carbocycles. The van der Waals surface area contributed by atoms with E-state index < -0.39 is 0 Å². The standard InChI is InChI=1S/C17H16BrNOS/c1-20-16-8-3-2-5-11(16)9-15(19)13-10-21-17-12(13)6-4-7-14(17)18/h2-8,10,15H,9,19H2,1H3. The summed E-state index contributed by atoms with van der Waals surface area (Å²) in [5.41, 5.74) is 8.78. The molecule has 0 fully saturated rings. The second-order valence-electron chi connectivity index (χ2n) is 4.93. The average molecular weight is 362 g/mol. The second kappa shape index (κ2) is 6.18. The van der Waals surface area contributed by atoms with Gasteiger partial charge < -0.3 is 10.5 Å². The number of para-hydroxylation sites is 1. The Hall–Kier alpha value is -1.36. The molecule has 4 heteroatoms. The minimum Gasteiger partial charge on any atom is -0.496 e. The largest absolute Gasteiger partial charge is 0.496 e. The van der Waals surface area contributed by atoms with E-state index in [0.717, 1.165) is 22.2 Å². The van der Waals surface area contributed by atoms with Crippen LogP contribution in [0, 0.1) is 0 Å². The third kappa shape index (κ3) is 2.84. The number of benzene rings is 2. The Morgan fingerprint density at radius 1 is 1.19 bits per heavy atom. The molecule has 1 aromatic heterocycles. The molecule has 0 radical (unpaired) electrons. The first-order valence-electron chi connectivity index (χ1n) is 6.74. The van der Waals surface area contributed by atoms with Gasteiger partial charge in [-0.2, -0.15) is 0 Å². The number of thiophene rings is 1. The van der Waals surface area contributed by atoms with Crippen molar-refractivity contribution in [3.8, 4) is 5.75 Å². The maximum Gasteiger partial charge on any atom is 0.122 e. The van der Waals surface area contributed by atoms with Gasteiger partial charge in [-0.05, 0) is 56.4 Å². The fourth-order valence-electron chi connectivity index (χ4n) is 2.55. The van der Waals surface area contributed by atoms with E-state index in [1.807, 2.05) is 18.2 Å². The molecule has 0 saturated carbocycles. The van der Waals surface area contributed by atoms with Gasteiger partial charge in [0.1, 0.15) is 5.75 Å². The molecule has 2 N–H and O–H groups in total. The normalized spacial score (nSPS) is 12.5. The molecular formula is C17H16BrNOS. The zero-order valence-electron chi connectivity index (χ0n) is 11.7. The van der Waals surface area contributed by atoms with Crippen LogP contribution in [0.4, 0.5) is 0 Å². The lowest BCUT2D eigenvalue weighted by molar-refractivity contribution is 0.408. The van der Waals surface area contributed by atoms with Crippen LogP contribution in [0.15, 0.2) is 52.3 Å². The van der Waals surface area contributed by atoms with Gasteiger partial charge in [-0.25, -0.2) is 0 Å². The van der Waals surface area contributed by atoms with Crippen molar-refractivity contribution < 1.29 is 4.74 Å². The lowest BCUT2D eigenvalue weighted by Crippen LogP contribution is -2.13. The van der Waals surface area contributed by atoms with Crippen LogP contribution in [0.5, 0.6) is 5.75 Å². The van der Waals surface area contributed by atoms with Crippen LogP contribution in [0.1, 0.15) is 17.2 Å². The number of hydrogen-bond donors (Lipinski definition) is 1. The maximum absolute atomic E-state index is 6.45. The highest BCUT2D eigenvalue weighted by atomic mass is 79.9. The summed E-state index contributed by atoms with van der Waals surface area (Å²) in [4.78, 5) is 0. The third-order valence-electron chi connectivity index (χ3n) is 3.61. The number of hydrogen-bond acceptors (Lipinski definition) is 3. The Morgan fingerprint density at radius 3 is 2.81 bits per heavy atom. The molecule has 3 rings (SSSR count). The van der Waals surface area contributed by atoms with E-state index in [0.29, 0.717) is 0 Å². The van der Waals surface area contributed by atoms with Crippen molar-refractivity contribution in [2.24, 2.45) is 5.73 Å². The Kier molecular flexibility index (Phi) is 4.29. The van der Waals surface area contributed by atoms with Crippen molar-refractivity contribution >= 4 is 37.4 Å². The number of halogens is 1. The molecule has 108 valence electrons. The SMILES string of the molecule is COc1ccccc1CC(N)c1csc2c(Br)cccc12. The van der Waals surface area contributed by atoms with Crippen molar-refractivity contribution in [3.63, 3.8) is 0 Å². The Labute approximate surface area is 136 Å². The number of nitrogens with two attached hydrogens (primary N) is 1. The molecule has 0 saturated heterocycles. The molecule has 1 unspecified atom stereocenters. The van der Waals surface area contributed by atoms with E-state index in [9.17, 15) is 0 Å². The van der Waals surface area contributed by atoms with Crippen molar-refractivity contribution in [1.82, 2.24) is 0 Å². The third-order valence-corrected chi connectivity index (χ3v) is 5.58. The number of methoxy groups -OCH3 is 1. The summed E-state index contributed by atoms with van der Waals surface area (Å²) in [5.74, 6) is 0.897. The van der Waals surface area contributed by atoms with Crippen molar-refractivity contribution in [3.05, 3.63) is 63.4 Å². The molecule has 2 nitrogen and oxygen atoms in total. The number of rotatable bonds is 4. The summed E-state index contributed by atoms with van der Waals surface area (Å²) in [6, 6.07) is 14.3. The van der Waals surface area contributed by atoms with Gasteiger partial charge in [0.15, 0.2) is 0 Å². The van der Waals surface area contributed by atoms with Gasteiger partial charge in [-0.15, -0.1) is 11.3 Å². The van der Waals surface area contributed by atoms with E-state index in [1.54, 1.807) is 18.4 Å². The van der Waals surface area contributed by atoms with Gasteiger partial charge in [0.2, 0.25) is 0 Å². The smallest absolute Gasteiger partial charge is 0.122 e. The lowest BCUT2D eigenvalue weighted by Gasteiger charge is -2.14. The van der Waals surface area contributed by atoms with E-state index in [-0.39, 0.29) is 6.04 Å². The van der Waals surface area contributed by atoms with Gasteiger partial charge in [-0.3, -0.25) is 0 Å². The molecule has 0 bridgehead atoms. The summed E-state index contributed by atoms with van der Waals surface area (Å²) in [6.45, 7) is 0. The van der Waals surface area contributed by atoms with Crippen LogP contribution in [0.25, 0.3) is 10.1 Å². The first kappa shape index (κ1) is 14.6. The minimum absolute atomic E-state index is 0.0376. The molecule has 0 aliphatic heterocycles. The van der Waals surface area contributed by atoms with Gasteiger partial charge in [-0.1, -0.05) is 30.3 Å². The van der Waals surface area contributed by atoms with Crippen molar-refractivity contribution in [2.75, 3.05) is 7.11 Å². The molecule has 21 heavy (non-hydrogen) atoms. The van der Waals surface area contributed by atoms with Crippen LogP contribution in [0.3, 0.4) is 0 Å². The molecule has 3 aromatic rings. The van der Waals surface area contributed by atoms with Crippen molar-refractivity contribution in [2.45, 2.75) is 12.5 Å². The highest BCUT2D eigenvalue weighted by Gasteiger charge is 2.15. The van der Waals surface area contributed by atoms with E-state index in [2.05, 4.69) is 45.6 Å². The zero-order chi connectivity index (χ0) is 14.8. The van der Waals surface area contributed by atoms with Gasteiger partial charge in [0.05, 0.1) is 7.11 Å². The van der Waals surface area contributed by atoms with Crippen LogP contribution in [-0.2, 0) is 6.42 Å². The van der Waals surface area contributed by atoms with Crippen LogP contribution < -0.4 is 10.5 Å². The summed E-state index contributed by atoms with van der Waals surface area (Å²) >= 11 is 5.33. The summed E-state index contributed by atoms with van der Waals surface area (Å²) < 4.78 is 7.79. The topological polar surface area (TPSA) is 35.2 Å². The zero-order valence-corrected chi connectivity index (χ0v) is 14.1. The second-order valence-corrected chi connectivity index (χ2v) is 6.66. The Morgan fingerprint density at radius 2 is 2.00 bits per heavy atom. The minimum atomic E-state index is -0.0376. The van der Waals surface area contributed by atoms with Crippen LogP contribution in [0.2, 0.25) is 0 Å². The highest BCUT2D eigenvalue weighted by Crippen LogP contribution is 2.36.